The second kappa shape index (κ2) is 5.15. The van der Waals surface area contributed by atoms with Gasteiger partial charge in [-0.3, -0.25) is 0 Å². The van der Waals surface area contributed by atoms with Crippen LogP contribution in [-0.2, 0) is 6.54 Å². The molecule has 0 bridgehead atoms. The van der Waals surface area contributed by atoms with E-state index < -0.39 is 0 Å². The Morgan fingerprint density at radius 1 is 1.33 bits per heavy atom. The Morgan fingerprint density at radius 2 is 2.11 bits per heavy atom. The highest BCUT2D eigenvalue weighted by molar-refractivity contribution is 5.52. The topological polar surface area (TPSA) is 87.6 Å². The van der Waals surface area contributed by atoms with Gasteiger partial charge in [-0.05, 0) is 24.1 Å². The Bertz CT molecular complexity index is 601. The van der Waals surface area contributed by atoms with Gasteiger partial charge in [0.25, 0.3) is 0 Å². The predicted molar refractivity (Wildman–Crippen MR) is 69.7 cm³/mol. The molecule has 90 valence electrons. The molecule has 0 atom stereocenters. The summed E-state index contributed by atoms with van der Waals surface area (Å²) in [7, 11) is 0. The molecule has 0 aliphatic rings. The molecular formula is C13H13N5. The van der Waals surface area contributed by atoms with Crippen LogP contribution in [0.5, 0.6) is 0 Å². The van der Waals surface area contributed by atoms with E-state index in [4.69, 9.17) is 11.0 Å². The molecule has 0 fully saturated rings. The second-order valence-corrected chi connectivity index (χ2v) is 3.85. The standard InChI is InChI=1S/C13H13N5/c1-9-10(3-2-4-11(9)15)8-18-13-12(7-14)16-5-6-17-13/h2-6H,8,15H2,1H3,(H,17,18). The SMILES string of the molecule is Cc1c(N)cccc1CNc1nccnc1C#N. The van der Waals surface area contributed by atoms with Crippen LogP contribution in [0.25, 0.3) is 0 Å². The summed E-state index contributed by atoms with van der Waals surface area (Å²) in [6.45, 7) is 2.53. The summed E-state index contributed by atoms with van der Waals surface area (Å²) in [5.41, 5.74) is 8.99. The summed E-state index contributed by atoms with van der Waals surface area (Å²) in [5, 5.41) is 12.0. The van der Waals surface area contributed by atoms with Crippen LogP contribution in [0, 0.1) is 18.3 Å². The zero-order valence-electron chi connectivity index (χ0n) is 10.0. The molecule has 18 heavy (non-hydrogen) atoms. The fraction of sp³-hybridized carbons (Fsp3) is 0.154. The first-order valence-electron chi connectivity index (χ1n) is 5.51. The van der Waals surface area contributed by atoms with Gasteiger partial charge in [0.2, 0.25) is 0 Å². The van der Waals surface area contributed by atoms with Gasteiger partial charge in [-0.2, -0.15) is 5.26 Å². The van der Waals surface area contributed by atoms with Crippen LogP contribution in [0.1, 0.15) is 16.8 Å². The highest BCUT2D eigenvalue weighted by atomic mass is 15.0. The summed E-state index contributed by atoms with van der Waals surface area (Å²) >= 11 is 0. The van der Waals surface area contributed by atoms with Crippen molar-refractivity contribution in [1.29, 1.82) is 5.26 Å². The van der Waals surface area contributed by atoms with Crippen LogP contribution in [0.15, 0.2) is 30.6 Å². The minimum Gasteiger partial charge on any atom is -0.399 e. The molecular weight excluding hydrogens is 226 g/mol. The lowest BCUT2D eigenvalue weighted by atomic mass is 10.1. The summed E-state index contributed by atoms with van der Waals surface area (Å²) in [5.74, 6) is 0.488. The Morgan fingerprint density at radius 3 is 2.89 bits per heavy atom. The summed E-state index contributed by atoms with van der Waals surface area (Å²) < 4.78 is 0. The lowest BCUT2D eigenvalue weighted by Gasteiger charge is -2.10. The highest BCUT2D eigenvalue weighted by Crippen LogP contribution is 2.17. The molecule has 0 spiro atoms. The number of nitrogens with zero attached hydrogens (tertiary/aromatic N) is 3. The molecule has 1 aromatic heterocycles. The fourth-order valence-corrected chi connectivity index (χ4v) is 1.62. The maximum Gasteiger partial charge on any atom is 0.182 e. The van der Waals surface area contributed by atoms with Crippen molar-refractivity contribution in [2.45, 2.75) is 13.5 Å². The van der Waals surface area contributed by atoms with E-state index in [9.17, 15) is 0 Å². The molecule has 0 aliphatic heterocycles. The second-order valence-electron chi connectivity index (χ2n) is 3.85. The van der Waals surface area contributed by atoms with Gasteiger partial charge in [0.15, 0.2) is 11.5 Å². The van der Waals surface area contributed by atoms with Gasteiger partial charge < -0.3 is 11.1 Å². The Kier molecular flexibility index (Phi) is 3.39. The lowest BCUT2D eigenvalue weighted by Crippen LogP contribution is -2.06. The van der Waals surface area contributed by atoms with Crippen molar-refractivity contribution < 1.29 is 0 Å². The smallest absolute Gasteiger partial charge is 0.182 e. The van der Waals surface area contributed by atoms with E-state index in [1.165, 1.54) is 6.20 Å². The van der Waals surface area contributed by atoms with Crippen LogP contribution >= 0.6 is 0 Å². The van der Waals surface area contributed by atoms with Crippen LogP contribution < -0.4 is 11.1 Å². The largest absolute Gasteiger partial charge is 0.399 e. The van der Waals surface area contributed by atoms with Crippen LogP contribution in [0.2, 0.25) is 0 Å². The van der Waals surface area contributed by atoms with Gasteiger partial charge in [0.05, 0.1) is 0 Å². The number of nitrogens with two attached hydrogens (primary N) is 1. The number of aromatic nitrogens is 2. The molecule has 0 saturated carbocycles. The van der Waals surface area contributed by atoms with Gasteiger partial charge in [-0.1, -0.05) is 12.1 Å². The third-order valence-electron chi connectivity index (χ3n) is 2.74. The number of rotatable bonds is 3. The number of nitrogen functional groups attached to an aromatic ring is 1. The first-order valence-corrected chi connectivity index (χ1v) is 5.51. The minimum atomic E-state index is 0.291. The van der Waals surface area contributed by atoms with E-state index >= 15 is 0 Å². The van der Waals surface area contributed by atoms with Crippen molar-refractivity contribution in [2.24, 2.45) is 0 Å². The fourth-order valence-electron chi connectivity index (χ4n) is 1.62. The van der Waals surface area contributed by atoms with Gasteiger partial charge in [-0.15, -0.1) is 0 Å². The average molecular weight is 239 g/mol. The molecule has 0 amide bonds. The Labute approximate surface area is 105 Å². The average Bonchev–Trinajstić information content (AvgIpc) is 2.41. The lowest BCUT2D eigenvalue weighted by molar-refractivity contribution is 1.06. The van der Waals surface area contributed by atoms with E-state index in [0.29, 0.717) is 18.1 Å². The number of benzene rings is 1. The Balaban J connectivity index is 2.17. The van der Waals surface area contributed by atoms with Crippen molar-refractivity contribution in [2.75, 3.05) is 11.1 Å². The maximum absolute atomic E-state index is 8.90. The normalized spacial score (nSPS) is 9.78. The van der Waals surface area contributed by atoms with Crippen LogP contribution in [-0.4, -0.2) is 9.97 Å². The molecule has 1 aromatic carbocycles. The van der Waals surface area contributed by atoms with Gasteiger partial charge in [-0.25, -0.2) is 9.97 Å². The van der Waals surface area contributed by atoms with E-state index in [0.717, 1.165) is 16.8 Å². The van der Waals surface area contributed by atoms with Crippen molar-refractivity contribution in [3.8, 4) is 6.07 Å². The van der Waals surface area contributed by atoms with Crippen molar-refractivity contribution in [3.05, 3.63) is 47.4 Å². The number of nitrogens with one attached hydrogen (secondary N) is 1. The summed E-state index contributed by atoms with van der Waals surface area (Å²) in [6, 6.07) is 7.75. The number of hydrogen-bond acceptors (Lipinski definition) is 5. The highest BCUT2D eigenvalue weighted by Gasteiger charge is 2.05. The zero-order valence-corrected chi connectivity index (χ0v) is 10.0. The molecule has 0 saturated heterocycles. The maximum atomic E-state index is 8.90. The number of nitriles is 1. The van der Waals surface area contributed by atoms with E-state index in [1.54, 1.807) is 6.20 Å². The minimum absolute atomic E-state index is 0.291. The summed E-state index contributed by atoms with van der Waals surface area (Å²) in [6.07, 6.45) is 3.05. The number of anilines is 2. The van der Waals surface area contributed by atoms with Crippen LogP contribution in [0.3, 0.4) is 0 Å². The molecule has 2 rings (SSSR count). The molecule has 0 radical (unpaired) electrons. The zero-order chi connectivity index (χ0) is 13.0. The molecule has 2 aromatic rings. The first-order chi connectivity index (χ1) is 8.72. The molecule has 5 nitrogen and oxygen atoms in total. The summed E-state index contributed by atoms with van der Waals surface area (Å²) in [4.78, 5) is 8.03. The number of hydrogen-bond donors (Lipinski definition) is 2. The monoisotopic (exact) mass is 239 g/mol. The molecule has 0 unspecified atom stereocenters. The van der Waals surface area contributed by atoms with E-state index in [1.807, 2.05) is 31.2 Å². The van der Waals surface area contributed by atoms with Crippen molar-refractivity contribution in [1.82, 2.24) is 9.97 Å². The third-order valence-corrected chi connectivity index (χ3v) is 2.74. The molecule has 0 aliphatic carbocycles. The van der Waals surface area contributed by atoms with Crippen molar-refractivity contribution >= 4 is 11.5 Å². The molecule has 3 N–H and O–H groups in total. The van der Waals surface area contributed by atoms with Gasteiger partial charge >= 0.3 is 0 Å². The predicted octanol–water partition coefficient (Wildman–Crippen LogP) is 1.85. The molecule has 5 heteroatoms. The molecule has 1 heterocycles. The quantitative estimate of drug-likeness (QED) is 0.798. The Hall–Kier alpha value is -2.61. The van der Waals surface area contributed by atoms with Crippen LogP contribution in [0.4, 0.5) is 11.5 Å². The van der Waals surface area contributed by atoms with E-state index in [-0.39, 0.29) is 0 Å². The third kappa shape index (κ3) is 2.38. The van der Waals surface area contributed by atoms with E-state index in [2.05, 4.69) is 15.3 Å². The first kappa shape index (κ1) is 11.9. The van der Waals surface area contributed by atoms with Gasteiger partial charge in [0, 0.05) is 24.6 Å². The van der Waals surface area contributed by atoms with Crippen molar-refractivity contribution in [3.63, 3.8) is 0 Å². The van der Waals surface area contributed by atoms with Gasteiger partial charge in [0.1, 0.15) is 6.07 Å².